The van der Waals surface area contributed by atoms with Gasteiger partial charge >= 0.3 is 0 Å². The minimum absolute atomic E-state index is 0.0391. The third-order valence-corrected chi connectivity index (χ3v) is 4.01. The number of hydrogen-bond acceptors (Lipinski definition) is 5. The number of nitrogens with two attached hydrogens (primary N) is 1. The second-order valence-electron chi connectivity index (χ2n) is 7.22. The van der Waals surface area contributed by atoms with E-state index in [-0.39, 0.29) is 17.4 Å². The second kappa shape index (κ2) is 7.28. The molecule has 0 aliphatic rings. The molecule has 140 valence electrons. The molecule has 7 heteroatoms. The Hall–Kier alpha value is -3.06. The number of hydrogen-bond donors (Lipinski definition) is 2. The van der Waals surface area contributed by atoms with E-state index < -0.39 is 11.2 Å². The van der Waals surface area contributed by atoms with Crippen LogP contribution in [-0.4, -0.2) is 16.0 Å². The Bertz CT molecular complexity index is 959. The van der Waals surface area contributed by atoms with E-state index in [1.165, 1.54) is 18.2 Å². The molecule has 6 nitrogen and oxygen atoms in total. The normalized spacial score (nSPS) is 11.4. The fourth-order valence-corrected chi connectivity index (χ4v) is 2.33. The van der Waals surface area contributed by atoms with Crippen molar-refractivity contribution in [2.45, 2.75) is 27.3 Å². The highest BCUT2D eigenvalue weighted by molar-refractivity contribution is 5.95. The zero-order valence-corrected chi connectivity index (χ0v) is 15.4. The summed E-state index contributed by atoms with van der Waals surface area (Å²) in [6.45, 7) is 5.84. The number of rotatable bonds is 4. The van der Waals surface area contributed by atoms with Crippen LogP contribution in [0.3, 0.4) is 0 Å². The van der Waals surface area contributed by atoms with Gasteiger partial charge in [-0.2, -0.15) is 4.98 Å². The highest BCUT2D eigenvalue weighted by atomic mass is 19.1. The van der Waals surface area contributed by atoms with Gasteiger partial charge < -0.3 is 15.6 Å². The van der Waals surface area contributed by atoms with E-state index in [4.69, 9.17) is 10.3 Å². The van der Waals surface area contributed by atoms with Gasteiger partial charge in [-0.3, -0.25) is 4.79 Å². The molecule has 3 rings (SSSR count). The molecule has 27 heavy (non-hydrogen) atoms. The number of carbonyl (C=O) groups excluding carboxylic acids is 1. The smallest absolute Gasteiger partial charge is 0.261 e. The lowest BCUT2D eigenvalue weighted by Gasteiger charge is -2.17. The van der Waals surface area contributed by atoms with Crippen LogP contribution >= 0.6 is 0 Å². The van der Waals surface area contributed by atoms with E-state index in [1.807, 2.05) is 24.3 Å². The van der Waals surface area contributed by atoms with Crippen molar-refractivity contribution in [1.82, 2.24) is 10.1 Å². The molecular formula is C20H21FN4O2. The molecular weight excluding hydrogens is 347 g/mol. The highest BCUT2D eigenvalue weighted by Gasteiger charge is 2.22. The standard InChI is InChI=1S/C20H21FN4O2/c1-20(2,3)19(26)23-14-8-9-16(21)15(10-14)18-24-17(25-27-18)13-6-4-12(11-22)5-7-13/h4-10H,11,22H2,1-3H3,(H,23,26). The quantitative estimate of drug-likeness (QED) is 0.726. The third kappa shape index (κ3) is 4.20. The number of aromatic nitrogens is 2. The number of benzene rings is 2. The maximum atomic E-state index is 14.3. The predicted octanol–water partition coefficient (Wildman–Crippen LogP) is 3.99. The highest BCUT2D eigenvalue weighted by Crippen LogP contribution is 2.28. The van der Waals surface area contributed by atoms with Gasteiger partial charge in [0.25, 0.3) is 5.89 Å². The summed E-state index contributed by atoms with van der Waals surface area (Å²) in [5, 5.41) is 6.68. The monoisotopic (exact) mass is 368 g/mol. The van der Waals surface area contributed by atoms with E-state index in [9.17, 15) is 9.18 Å². The Kier molecular flexibility index (Phi) is 5.05. The molecule has 1 aromatic heterocycles. The fourth-order valence-electron chi connectivity index (χ4n) is 2.33. The molecule has 1 amide bonds. The number of nitrogens with one attached hydrogen (secondary N) is 1. The van der Waals surface area contributed by atoms with Crippen LogP contribution in [0.5, 0.6) is 0 Å². The number of anilines is 1. The maximum Gasteiger partial charge on any atom is 0.261 e. The molecule has 0 unspecified atom stereocenters. The number of carbonyl (C=O) groups is 1. The van der Waals surface area contributed by atoms with Gasteiger partial charge in [0, 0.05) is 23.2 Å². The van der Waals surface area contributed by atoms with Gasteiger partial charge in [-0.05, 0) is 23.8 Å². The van der Waals surface area contributed by atoms with Crippen molar-refractivity contribution in [3.63, 3.8) is 0 Å². The Labute approximate surface area is 156 Å². The Morgan fingerprint density at radius 2 is 1.89 bits per heavy atom. The van der Waals surface area contributed by atoms with Crippen molar-refractivity contribution in [2.24, 2.45) is 11.1 Å². The molecule has 0 bridgehead atoms. The van der Waals surface area contributed by atoms with Gasteiger partial charge in [0.2, 0.25) is 11.7 Å². The summed E-state index contributed by atoms with van der Waals surface area (Å²) in [4.78, 5) is 16.4. The molecule has 0 radical (unpaired) electrons. The molecule has 0 saturated heterocycles. The SMILES string of the molecule is CC(C)(C)C(=O)Nc1ccc(F)c(-c2nc(-c3ccc(CN)cc3)no2)c1. The van der Waals surface area contributed by atoms with E-state index in [2.05, 4.69) is 15.5 Å². The van der Waals surface area contributed by atoms with Crippen molar-refractivity contribution >= 4 is 11.6 Å². The van der Waals surface area contributed by atoms with E-state index in [0.29, 0.717) is 18.1 Å². The molecule has 2 aromatic carbocycles. The molecule has 0 atom stereocenters. The van der Waals surface area contributed by atoms with Gasteiger partial charge in [-0.1, -0.05) is 50.2 Å². The minimum Gasteiger partial charge on any atom is -0.334 e. The van der Waals surface area contributed by atoms with Gasteiger partial charge in [0.15, 0.2) is 0 Å². The molecule has 3 aromatic rings. The first-order chi connectivity index (χ1) is 12.8. The molecule has 1 heterocycles. The van der Waals surface area contributed by atoms with Gasteiger partial charge in [0.05, 0.1) is 5.56 Å². The van der Waals surface area contributed by atoms with E-state index >= 15 is 0 Å². The number of nitrogens with zero attached hydrogens (tertiary/aromatic N) is 2. The lowest BCUT2D eigenvalue weighted by molar-refractivity contribution is -0.123. The Morgan fingerprint density at radius 3 is 2.52 bits per heavy atom. The summed E-state index contributed by atoms with van der Waals surface area (Å²) in [6.07, 6.45) is 0. The van der Waals surface area contributed by atoms with Crippen LogP contribution in [-0.2, 0) is 11.3 Å². The molecule has 0 spiro atoms. The summed E-state index contributed by atoms with van der Waals surface area (Å²) < 4.78 is 19.5. The van der Waals surface area contributed by atoms with Crippen LogP contribution in [0.25, 0.3) is 22.8 Å². The summed E-state index contributed by atoms with van der Waals surface area (Å²) >= 11 is 0. The summed E-state index contributed by atoms with van der Waals surface area (Å²) in [5.41, 5.74) is 7.32. The molecule has 0 saturated carbocycles. The predicted molar refractivity (Wildman–Crippen MR) is 101 cm³/mol. The first-order valence-corrected chi connectivity index (χ1v) is 8.52. The average Bonchev–Trinajstić information content (AvgIpc) is 3.12. The van der Waals surface area contributed by atoms with Gasteiger partial charge in [-0.15, -0.1) is 0 Å². The van der Waals surface area contributed by atoms with Crippen LogP contribution in [0.4, 0.5) is 10.1 Å². The van der Waals surface area contributed by atoms with Crippen LogP contribution in [0.15, 0.2) is 47.0 Å². The van der Waals surface area contributed by atoms with Crippen molar-refractivity contribution in [3.05, 3.63) is 53.8 Å². The van der Waals surface area contributed by atoms with Crippen molar-refractivity contribution in [1.29, 1.82) is 0 Å². The van der Waals surface area contributed by atoms with Crippen molar-refractivity contribution < 1.29 is 13.7 Å². The maximum absolute atomic E-state index is 14.3. The first-order valence-electron chi connectivity index (χ1n) is 8.52. The molecule has 0 fully saturated rings. The van der Waals surface area contributed by atoms with Crippen molar-refractivity contribution in [2.75, 3.05) is 5.32 Å². The zero-order chi connectivity index (χ0) is 19.6. The average molecular weight is 368 g/mol. The van der Waals surface area contributed by atoms with Crippen molar-refractivity contribution in [3.8, 4) is 22.8 Å². The van der Waals surface area contributed by atoms with E-state index in [0.717, 1.165) is 11.1 Å². The van der Waals surface area contributed by atoms with Gasteiger partial charge in [0.1, 0.15) is 5.82 Å². The van der Waals surface area contributed by atoms with Crippen LogP contribution in [0.1, 0.15) is 26.3 Å². The Balaban J connectivity index is 1.89. The van der Waals surface area contributed by atoms with Crippen LogP contribution < -0.4 is 11.1 Å². The lowest BCUT2D eigenvalue weighted by atomic mass is 9.95. The van der Waals surface area contributed by atoms with Gasteiger partial charge in [-0.25, -0.2) is 4.39 Å². The molecule has 3 N–H and O–H groups in total. The van der Waals surface area contributed by atoms with E-state index in [1.54, 1.807) is 20.8 Å². The zero-order valence-electron chi connectivity index (χ0n) is 15.4. The summed E-state index contributed by atoms with van der Waals surface area (Å²) in [7, 11) is 0. The molecule has 0 aliphatic carbocycles. The second-order valence-corrected chi connectivity index (χ2v) is 7.22. The Morgan fingerprint density at radius 1 is 1.19 bits per heavy atom. The lowest BCUT2D eigenvalue weighted by Crippen LogP contribution is -2.27. The van der Waals surface area contributed by atoms with Crippen LogP contribution in [0.2, 0.25) is 0 Å². The minimum atomic E-state index is -0.568. The molecule has 0 aliphatic heterocycles. The largest absolute Gasteiger partial charge is 0.334 e. The fraction of sp³-hybridized carbons (Fsp3) is 0.250. The summed E-state index contributed by atoms with van der Waals surface area (Å²) in [5.74, 6) is -0.307. The summed E-state index contributed by atoms with van der Waals surface area (Å²) in [6, 6.07) is 11.6. The third-order valence-electron chi connectivity index (χ3n) is 4.01. The number of halogens is 1. The first kappa shape index (κ1) is 18.7. The topological polar surface area (TPSA) is 94.0 Å². The number of amides is 1. The van der Waals surface area contributed by atoms with Crippen LogP contribution in [0, 0.1) is 11.2 Å².